The Kier molecular flexibility index (Phi) is 5.23. The number of aryl methyl sites for hydroxylation is 1. The van der Waals surface area contributed by atoms with E-state index in [1.165, 1.54) is 0 Å². The van der Waals surface area contributed by atoms with E-state index in [9.17, 15) is 9.59 Å². The minimum absolute atomic E-state index is 0.0340. The maximum absolute atomic E-state index is 13.1. The number of ether oxygens (including phenoxy) is 1. The molecule has 0 spiro atoms. The summed E-state index contributed by atoms with van der Waals surface area (Å²) >= 11 is 0. The molecule has 2 aromatic rings. The number of nitrogens with one attached hydrogen (secondary N) is 1. The van der Waals surface area contributed by atoms with Crippen molar-refractivity contribution in [2.75, 3.05) is 19.7 Å². The summed E-state index contributed by atoms with van der Waals surface area (Å²) < 4.78 is 5.12. The summed E-state index contributed by atoms with van der Waals surface area (Å²) in [4.78, 5) is 30.5. The highest BCUT2D eigenvalue weighted by atomic mass is 16.5. The predicted octanol–water partition coefficient (Wildman–Crippen LogP) is 3.32. The molecule has 3 rings (SSSR count). The van der Waals surface area contributed by atoms with Gasteiger partial charge in [0, 0.05) is 22.2 Å². The number of nitrogens with zero attached hydrogens (tertiary/aromatic N) is 1. The Morgan fingerprint density at radius 3 is 2.64 bits per heavy atom. The molecule has 0 saturated carbocycles. The Labute approximate surface area is 148 Å². The standard InChI is InChI=1S/C20H26N2O3/c1-4-25-20(24)15-9-11-22(12-10-15)14(3)19(23)18-13(2)21-17-8-6-5-7-16(17)18/h5-8,14-15,21H,4,9-12H2,1-3H3/t14-/m1/s1. The van der Waals surface area contributed by atoms with Crippen LogP contribution in [0.15, 0.2) is 24.3 Å². The minimum Gasteiger partial charge on any atom is -0.466 e. The van der Waals surface area contributed by atoms with Crippen LogP contribution in [-0.4, -0.2) is 47.4 Å². The van der Waals surface area contributed by atoms with E-state index < -0.39 is 0 Å². The van der Waals surface area contributed by atoms with Gasteiger partial charge < -0.3 is 9.72 Å². The molecule has 134 valence electrons. The topological polar surface area (TPSA) is 62.4 Å². The molecule has 0 unspecified atom stereocenters. The average Bonchev–Trinajstić information content (AvgIpc) is 2.96. The number of esters is 1. The van der Waals surface area contributed by atoms with Gasteiger partial charge in [-0.1, -0.05) is 18.2 Å². The number of aromatic amines is 1. The molecule has 0 bridgehead atoms. The highest BCUT2D eigenvalue weighted by Gasteiger charge is 2.32. The number of para-hydroxylation sites is 1. The number of likely N-dealkylation sites (tertiary alicyclic amines) is 1. The van der Waals surface area contributed by atoms with Gasteiger partial charge in [-0.25, -0.2) is 0 Å². The molecule has 1 aliphatic heterocycles. The van der Waals surface area contributed by atoms with Crippen molar-refractivity contribution in [3.8, 4) is 0 Å². The van der Waals surface area contributed by atoms with Crippen molar-refractivity contribution < 1.29 is 14.3 Å². The van der Waals surface area contributed by atoms with E-state index in [-0.39, 0.29) is 23.7 Å². The maximum Gasteiger partial charge on any atom is 0.309 e. The Bertz CT molecular complexity index is 772. The number of carbonyl (C=O) groups excluding carboxylic acids is 2. The first-order chi connectivity index (χ1) is 12.0. The number of rotatable bonds is 5. The zero-order valence-corrected chi connectivity index (χ0v) is 15.2. The molecule has 0 amide bonds. The number of hydrogen-bond acceptors (Lipinski definition) is 4. The number of Topliss-reactive ketones (excluding diaryl/α,β-unsaturated/α-hetero) is 1. The number of ketones is 1. The number of carbonyl (C=O) groups is 2. The lowest BCUT2D eigenvalue weighted by Gasteiger charge is -2.34. The third-order valence-electron chi connectivity index (χ3n) is 5.22. The van der Waals surface area contributed by atoms with Crippen LogP contribution in [0.1, 0.15) is 42.7 Å². The molecule has 1 aliphatic rings. The van der Waals surface area contributed by atoms with Gasteiger partial charge >= 0.3 is 5.97 Å². The third kappa shape index (κ3) is 3.47. The molecular weight excluding hydrogens is 316 g/mol. The summed E-state index contributed by atoms with van der Waals surface area (Å²) in [5.41, 5.74) is 2.70. The Morgan fingerprint density at radius 2 is 1.96 bits per heavy atom. The summed E-state index contributed by atoms with van der Waals surface area (Å²) in [5.74, 6) is 0.00599. The van der Waals surface area contributed by atoms with E-state index in [0.717, 1.165) is 48.1 Å². The molecule has 1 aromatic carbocycles. The molecule has 2 heterocycles. The number of aromatic nitrogens is 1. The first kappa shape index (κ1) is 17.7. The minimum atomic E-state index is -0.193. The number of hydrogen-bond donors (Lipinski definition) is 1. The van der Waals surface area contributed by atoms with Crippen LogP contribution < -0.4 is 0 Å². The van der Waals surface area contributed by atoms with Gasteiger partial charge in [0.25, 0.3) is 0 Å². The van der Waals surface area contributed by atoms with Crippen molar-refractivity contribution in [1.82, 2.24) is 9.88 Å². The van der Waals surface area contributed by atoms with Crippen molar-refractivity contribution in [2.45, 2.75) is 39.7 Å². The summed E-state index contributed by atoms with van der Waals surface area (Å²) in [6.07, 6.45) is 1.51. The van der Waals surface area contributed by atoms with Crippen LogP contribution in [0.5, 0.6) is 0 Å². The van der Waals surface area contributed by atoms with Gasteiger partial charge in [-0.15, -0.1) is 0 Å². The van der Waals surface area contributed by atoms with Crippen molar-refractivity contribution in [3.05, 3.63) is 35.5 Å². The second-order valence-corrected chi connectivity index (χ2v) is 6.77. The highest BCUT2D eigenvalue weighted by Crippen LogP contribution is 2.26. The highest BCUT2D eigenvalue weighted by molar-refractivity contribution is 6.11. The van der Waals surface area contributed by atoms with Gasteiger partial charge in [-0.2, -0.15) is 0 Å². The molecule has 0 aliphatic carbocycles. The van der Waals surface area contributed by atoms with E-state index in [1.54, 1.807) is 0 Å². The predicted molar refractivity (Wildman–Crippen MR) is 97.8 cm³/mol. The van der Waals surface area contributed by atoms with Gasteiger partial charge in [0.2, 0.25) is 0 Å². The van der Waals surface area contributed by atoms with Gasteiger partial charge in [0.05, 0.1) is 18.6 Å². The van der Waals surface area contributed by atoms with Gasteiger partial charge in [0.15, 0.2) is 5.78 Å². The first-order valence-electron chi connectivity index (χ1n) is 9.05. The average molecular weight is 342 g/mol. The fourth-order valence-corrected chi connectivity index (χ4v) is 3.75. The van der Waals surface area contributed by atoms with E-state index in [1.807, 2.05) is 45.0 Å². The summed E-state index contributed by atoms with van der Waals surface area (Å²) in [7, 11) is 0. The first-order valence-corrected chi connectivity index (χ1v) is 9.05. The monoisotopic (exact) mass is 342 g/mol. The number of benzene rings is 1. The Hall–Kier alpha value is -2.14. The van der Waals surface area contributed by atoms with Crippen molar-refractivity contribution in [2.24, 2.45) is 5.92 Å². The van der Waals surface area contributed by atoms with E-state index in [4.69, 9.17) is 4.74 Å². The normalized spacial score (nSPS) is 17.6. The fraction of sp³-hybridized carbons (Fsp3) is 0.500. The summed E-state index contributed by atoms with van der Waals surface area (Å²) in [6.45, 7) is 7.67. The van der Waals surface area contributed by atoms with Crippen LogP contribution in [0.3, 0.4) is 0 Å². The lowest BCUT2D eigenvalue weighted by molar-refractivity contribution is -0.149. The fourth-order valence-electron chi connectivity index (χ4n) is 3.75. The maximum atomic E-state index is 13.1. The number of piperidine rings is 1. The van der Waals surface area contributed by atoms with E-state index in [0.29, 0.717) is 6.61 Å². The summed E-state index contributed by atoms with van der Waals surface area (Å²) in [6, 6.07) is 7.72. The van der Waals surface area contributed by atoms with Crippen LogP contribution in [0.4, 0.5) is 0 Å². The molecular formula is C20H26N2O3. The quantitative estimate of drug-likeness (QED) is 0.669. The second-order valence-electron chi connectivity index (χ2n) is 6.77. The van der Waals surface area contributed by atoms with E-state index >= 15 is 0 Å². The third-order valence-corrected chi connectivity index (χ3v) is 5.22. The molecule has 1 fully saturated rings. The van der Waals surface area contributed by atoms with Gasteiger partial charge in [-0.3, -0.25) is 14.5 Å². The molecule has 1 aromatic heterocycles. The molecule has 25 heavy (non-hydrogen) atoms. The van der Waals surface area contributed by atoms with Gasteiger partial charge in [-0.05, 0) is 52.8 Å². The van der Waals surface area contributed by atoms with Crippen molar-refractivity contribution >= 4 is 22.7 Å². The van der Waals surface area contributed by atoms with Crippen LogP contribution in [0.25, 0.3) is 10.9 Å². The largest absolute Gasteiger partial charge is 0.466 e. The van der Waals surface area contributed by atoms with Crippen molar-refractivity contribution in [1.29, 1.82) is 0 Å². The molecule has 0 radical (unpaired) electrons. The number of fused-ring (bicyclic) bond motifs is 1. The van der Waals surface area contributed by atoms with Crippen LogP contribution in [0, 0.1) is 12.8 Å². The van der Waals surface area contributed by atoms with Crippen molar-refractivity contribution in [3.63, 3.8) is 0 Å². The zero-order chi connectivity index (χ0) is 18.0. The van der Waals surface area contributed by atoms with Gasteiger partial charge in [0.1, 0.15) is 0 Å². The smallest absolute Gasteiger partial charge is 0.309 e. The molecule has 5 heteroatoms. The molecule has 5 nitrogen and oxygen atoms in total. The molecule has 1 atom stereocenters. The van der Waals surface area contributed by atoms with Crippen LogP contribution in [0.2, 0.25) is 0 Å². The van der Waals surface area contributed by atoms with Crippen LogP contribution >= 0.6 is 0 Å². The summed E-state index contributed by atoms with van der Waals surface area (Å²) in [5, 5.41) is 0.984. The molecule has 1 saturated heterocycles. The SMILES string of the molecule is CCOC(=O)C1CCN([C@H](C)C(=O)c2c(C)[nH]c3ccccc23)CC1. The Balaban J connectivity index is 1.71. The lowest BCUT2D eigenvalue weighted by Crippen LogP contribution is -2.45. The van der Waals surface area contributed by atoms with Crippen LogP contribution in [-0.2, 0) is 9.53 Å². The second kappa shape index (κ2) is 7.40. The Morgan fingerprint density at radius 1 is 1.28 bits per heavy atom. The molecule has 1 N–H and O–H groups in total. The number of H-pyrrole nitrogens is 1. The van der Waals surface area contributed by atoms with E-state index in [2.05, 4.69) is 9.88 Å². The zero-order valence-electron chi connectivity index (χ0n) is 15.2. The lowest BCUT2D eigenvalue weighted by atomic mass is 9.94.